The molecule has 0 aliphatic carbocycles. The second-order valence-electron chi connectivity index (χ2n) is 5.32. The lowest BCUT2D eigenvalue weighted by atomic mass is 10.1. The molecular weight excluding hydrogens is 334 g/mol. The van der Waals surface area contributed by atoms with E-state index in [1.807, 2.05) is 18.2 Å². The molecule has 1 fully saturated rings. The van der Waals surface area contributed by atoms with Crippen LogP contribution in [-0.2, 0) is 9.47 Å². The van der Waals surface area contributed by atoms with Gasteiger partial charge < -0.3 is 18.8 Å². The fourth-order valence-corrected chi connectivity index (χ4v) is 2.76. The van der Waals surface area contributed by atoms with Crippen LogP contribution in [0.5, 0.6) is 0 Å². The van der Waals surface area contributed by atoms with Crippen molar-refractivity contribution < 1.29 is 23.5 Å². The maximum atomic E-state index is 12.6. The Morgan fingerprint density at radius 1 is 1.25 bits per heavy atom. The van der Waals surface area contributed by atoms with Crippen molar-refractivity contribution in [2.75, 3.05) is 26.8 Å². The summed E-state index contributed by atoms with van der Waals surface area (Å²) < 4.78 is 15.6. The topological polar surface area (TPSA) is 69.0 Å². The summed E-state index contributed by atoms with van der Waals surface area (Å²) in [7, 11) is 1.25. The third kappa shape index (κ3) is 3.44. The molecule has 126 valence electrons. The summed E-state index contributed by atoms with van der Waals surface area (Å²) in [6.45, 7) is 1.24. The Hall–Kier alpha value is -2.31. The van der Waals surface area contributed by atoms with Gasteiger partial charge in [-0.1, -0.05) is 23.7 Å². The lowest BCUT2D eigenvalue weighted by molar-refractivity contribution is -0.0238. The minimum Gasteiger partial charge on any atom is -0.463 e. The molecule has 1 amide bonds. The highest BCUT2D eigenvalue weighted by molar-refractivity contribution is 6.30. The van der Waals surface area contributed by atoms with E-state index in [0.29, 0.717) is 24.7 Å². The number of carbonyl (C=O) groups excluding carboxylic acids is 2. The first-order chi connectivity index (χ1) is 11.6. The zero-order chi connectivity index (χ0) is 17.1. The van der Waals surface area contributed by atoms with Gasteiger partial charge in [-0.25, -0.2) is 4.79 Å². The number of ether oxygens (including phenoxy) is 2. The Bertz CT molecular complexity index is 757. The van der Waals surface area contributed by atoms with Crippen molar-refractivity contribution in [3.8, 4) is 0 Å². The van der Waals surface area contributed by atoms with Crippen molar-refractivity contribution in [3.05, 3.63) is 58.5 Å². The fourth-order valence-electron chi connectivity index (χ4n) is 2.56. The second-order valence-corrected chi connectivity index (χ2v) is 5.76. The molecule has 0 unspecified atom stereocenters. The molecule has 1 aromatic heterocycles. The largest absolute Gasteiger partial charge is 0.463 e. The van der Waals surface area contributed by atoms with Crippen molar-refractivity contribution >= 4 is 23.5 Å². The molecule has 0 radical (unpaired) electrons. The first kappa shape index (κ1) is 16.5. The third-order valence-corrected chi connectivity index (χ3v) is 4.01. The monoisotopic (exact) mass is 349 g/mol. The highest BCUT2D eigenvalue weighted by Gasteiger charge is 2.28. The molecule has 1 aromatic carbocycles. The number of benzene rings is 1. The molecule has 0 saturated carbocycles. The Labute approximate surface area is 143 Å². The summed E-state index contributed by atoms with van der Waals surface area (Å²) >= 11 is 6.01. The van der Waals surface area contributed by atoms with Crippen molar-refractivity contribution in [1.82, 2.24) is 4.90 Å². The van der Waals surface area contributed by atoms with E-state index < -0.39 is 5.97 Å². The van der Waals surface area contributed by atoms with Crippen LogP contribution < -0.4 is 0 Å². The highest BCUT2D eigenvalue weighted by atomic mass is 35.5. The molecule has 0 spiro atoms. The van der Waals surface area contributed by atoms with Crippen LogP contribution in [0.2, 0.25) is 5.02 Å². The van der Waals surface area contributed by atoms with Gasteiger partial charge in [-0.15, -0.1) is 0 Å². The molecule has 24 heavy (non-hydrogen) atoms. The van der Waals surface area contributed by atoms with Gasteiger partial charge in [-0.2, -0.15) is 0 Å². The molecule has 2 aromatic rings. The minimum absolute atomic E-state index is 0.000464. The van der Waals surface area contributed by atoms with Crippen LogP contribution in [0.4, 0.5) is 0 Å². The molecule has 7 heteroatoms. The molecule has 2 heterocycles. The van der Waals surface area contributed by atoms with Crippen LogP contribution in [0, 0.1) is 0 Å². The number of morpholine rings is 1. The number of esters is 1. The van der Waals surface area contributed by atoms with Crippen molar-refractivity contribution in [2.24, 2.45) is 0 Å². The number of halogens is 1. The highest BCUT2D eigenvalue weighted by Crippen LogP contribution is 2.25. The zero-order valence-electron chi connectivity index (χ0n) is 13.0. The number of hydrogen-bond donors (Lipinski definition) is 0. The zero-order valence-corrected chi connectivity index (χ0v) is 13.8. The maximum absolute atomic E-state index is 12.6. The van der Waals surface area contributed by atoms with Crippen molar-refractivity contribution in [2.45, 2.75) is 6.10 Å². The number of furan rings is 1. The average Bonchev–Trinajstić information content (AvgIpc) is 3.10. The average molecular weight is 350 g/mol. The van der Waals surface area contributed by atoms with E-state index in [2.05, 4.69) is 4.74 Å². The van der Waals surface area contributed by atoms with Crippen LogP contribution in [0.1, 0.15) is 32.8 Å². The van der Waals surface area contributed by atoms with Crippen LogP contribution in [0.25, 0.3) is 0 Å². The van der Waals surface area contributed by atoms with Gasteiger partial charge in [0.15, 0.2) is 5.76 Å². The lowest BCUT2D eigenvalue weighted by Crippen LogP contribution is -2.42. The maximum Gasteiger partial charge on any atom is 0.373 e. The number of nitrogens with zero attached hydrogens (tertiary/aromatic N) is 1. The lowest BCUT2D eigenvalue weighted by Gasteiger charge is -2.32. The van der Waals surface area contributed by atoms with Crippen LogP contribution in [0.15, 0.2) is 40.8 Å². The van der Waals surface area contributed by atoms with E-state index in [-0.39, 0.29) is 23.5 Å². The molecule has 1 saturated heterocycles. The van der Waals surface area contributed by atoms with Gasteiger partial charge in [0, 0.05) is 11.6 Å². The predicted octanol–water partition coefficient (Wildman–Crippen LogP) is 2.93. The predicted molar refractivity (Wildman–Crippen MR) is 86.1 cm³/mol. The van der Waals surface area contributed by atoms with Crippen LogP contribution in [-0.4, -0.2) is 43.6 Å². The summed E-state index contributed by atoms with van der Waals surface area (Å²) in [6, 6.07) is 10.3. The first-order valence-corrected chi connectivity index (χ1v) is 7.81. The summed E-state index contributed by atoms with van der Waals surface area (Å²) in [5.41, 5.74) is 0.912. The Morgan fingerprint density at radius 2 is 2.04 bits per heavy atom. The summed E-state index contributed by atoms with van der Waals surface area (Å²) in [5.74, 6) is -0.809. The van der Waals surface area contributed by atoms with E-state index in [0.717, 1.165) is 5.56 Å². The van der Waals surface area contributed by atoms with Crippen LogP contribution in [0.3, 0.4) is 0 Å². The quantitative estimate of drug-likeness (QED) is 0.797. The van der Waals surface area contributed by atoms with Crippen LogP contribution >= 0.6 is 11.6 Å². The standard InChI is InChI=1S/C17H16ClNO5/c1-22-17(21)14-6-5-13(24-14)16(20)19-7-8-23-15(10-19)11-3-2-4-12(18)9-11/h2-6,9,15H,7-8,10H2,1H3/t15-/m0/s1. The Kier molecular flexibility index (Phi) is 4.87. The molecular formula is C17H16ClNO5. The number of rotatable bonds is 3. The van der Waals surface area contributed by atoms with E-state index in [9.17, 15) is 9.59 Å². The van der Waals surface area contributed by atoms with E-state index in [1.54, 1.807) is 11.0 Å². The van der Waals surface area contributed by atoms with E-state index in [1.165, 1.54) is 19.2 Å². The van der Waals surface area contributed by atoms with Gasteiger partial charge in [-0.05, 0) is 29.8 Å². The van der Waals surface area contributed by atoms with Crippen molar-refractivity contribution in [3.63, 3.8) is 0 Å². The number of hydrogen-bond acceptors (Lipinski definition) is 5. The van der Waals surface area contributed by atoms with Gasteiger partial charge in [-0.3, -0.25) is 4.79 Å². The van der Waals surface area contributed by atoms with E-state index in [4.69, 9.17) is 20.8 Å². The van der Waals surface area contributed by atoms with Crippen molar-refractivity contribution in [1.29, 1.82) is 0 Å². The number of amides is 1. The third-order valence-electron chi connectivity index (χ3n) is 3.78. The minimum atomic E-state index is -0.618. The molecule has 3 rings (SSSR count). The molecule has 6 nitrogen and oxygen atoms in total. The van der Waals surface area contributed by atoms with Gasteiger partial charge in [0.05, 0.1) is 20.3 Å². The van der Waals surface area contributed by atoms with Gasteiger partial charge in [0.2, 0.25) is 5.76 Å². The number of methoxy groups -OCH3 is 1. The first-order valence-electron chi connectivity index (χ1n) is 7.43. The molecule has 0 bridgehead atoms. The molecule has 1 aliphatic rings. The summed E-state index contributed by atoms with van der Waals surface area (Å²) in [6.07, 6.45) is -0.253. The molecule has 0 N–H and O–H groups in total. The Balaban J connectivity index is 1.73. The number of carbonyl (C=O) groups is 2. The van der Waals surface area contributed by atoms with Gasteiger partial charge >= 0.3 is 5.97 Å². The smallest absolute Gasteiger partial charge is 0.373 e. The fraction of sp³-hybridized carbons (Fsp3) is 0.294. The molecule has 1 atom stereocenters. The molecule has 1 aliphatic heterocycles. The summed E-state index contributed by atoms with van der Waals surface area (Å²) in [4.78, 5) is 25.6. The summed E-state index contributed by atoms with van der Waals surface area (Å²) in [5, 5.41) is 0.619. The second kappa shape index (κ2) is 7.07. The van der Waals surface area contributed by atoms with E-state index >= 15 is 0 Å². The normalized spacial score (nSPS) is 17.6. The Morgan fingerprint density at radius 3 is 2.79 bits per heavy atom. The van der Waals surface area contributed by atoms with Gasteiger partial charge in [0.25, 0.3) is 5.91 Å². The SMILES string of the molecule is COC(=O)c1ccc(C(=O)N2CCO[C@H](c3cccc(Cl)c3)C2)o1. The van der Waals surface area contributed by atoms with Gasteiger partial charge in [0.1, 0.15) is 6.10 Å².